The highest BCUT2D eigenvalue weighted by atomic mass is 79.9. The first-order valence-corrected chi connectivity index (χ1v) is 13.5. The van der Waals surface area contributed by atoms with E-state index in [2.05, 4.69) is 26.1 Å². The monoisotopic (exact) mass is 553 g/mol. The number of amides is 4. The van der Waals surface area contributed by atoms with Gasteiger partial charge in [0.05, 0.1) is 12.4 Å². The Balaban J connectivity index is 1.31. The molecule has 190 valence electrons. The molecular formula is C27H32BrN5O3. The number of para-hydroxylation sites is 2. The number of rotatable bonds is 4. The first kappa shape index (κ1) is 24.6. The van der Waals surface area contributed by atoms with Crippen LogP contribution in [0.4, 0.5) is 16.2 Å². The first-order valence-electron chi connectivity index (χ1n) is 12.7. The van der Waals surface area contributed by atoms with Gasteiger partial charge in [0, 0.05) is 36.3 Å². The number of likely N-dealkylation sites (tertiary alicyclic amines) is 2. The maximum Gasteiger partial charge on any atom is 0.321 e. The van der Waals surface area contributed by atoms with Crippen LogP contribution in [0.2, 0.25) is 0 Å². The van der Waals surface area contributed by atoms with Crippen molar-refractivity contribution in [1.82, 2.24) is 14.7 Å². The van der Waals surface area contributed by atoms with Crippen LogP contribution in [-0.4, -0.2) is 77.5 Å². The van der Waals surface area contributed by atoms with Gasteiger partial charge in [0.2, 0.25) is 5.91 Å². The highest BCUT2D eigenvalue weighted by molar-refractivity contribution is 9.10. The van der Waals surface area contributed by atoms with E-state index in [1.54, 1.807) is 9.80 Å². The SMILES string of the molecule is O=C(CN1CN(c2ccccc2)C2(CCN(C(=O)Nc3ccccc3Br)CC2)C1=O)N1CCCCC1. The lowest BCUT2D eigenvalue weighted by Crippen LogP contribution is -2.58. The molecule has 0 aliphatic carbocycles. The quantitative estimate of drug-likeness (QED) is 0.617. The van der Waals surface area contributed by atoms with Crippen LogP contribution in [0.3, 0.4) is 0 Å². The third-order valence-electron chi connectivity index (χ3n) is 7.61. The van der Waals surface area contributed by atoms with Crippen LogP contribution in [0.15, 0.2) is 59.1 Å². The number of hydrogen-bond acceptors (Lipinski definition) is 4. The fourth-order valence-electron chi connectivity index (χ4n) is 5.57. The van der Waals surface area contributed by atoms with E-state index in [9.17, 15) is 14.4 Å². The summed E-state index contributed by atoms with van der Waals surface area (Å²) in [6.45, 7) is 2.95. The summed E-state index contributed by atoms with van der Waals surface area (Å²) in [4.78, 5) is 47.4. The van der Waals surface area contributed by atoms with E-state index in [0.717, 1.165) is 42.5 Å². The number of benzene rings is 2. The summed E-state index contributed by atoms with van der Waals surface area (Å²) in [6.07, 6.45) is 4.23. The molecule has 0 atom stereocenters. The molecule has 9 heteroatoms. The molecule has 1 spiro atoms. The van der Waals surface area contributed by atoms with Crippen LogP contribution in [-0.2, 0) is 9.59 Å². The predicted octanol–water partition coefficient (Wildman–Crippen LogP) is 4.13. The fourth-order valence-corrected chi connectivity index (χ4v) is 5.95. The second-order valence-corrected chi connectivity index (χ2v) is 10.6. The Morgan fingerprint density at radius 1 is 0.861 bits per heavy atom. The van der Waals surface area contributed by atoms with E-state index in [1.165, 1.54) is 0 Å². The van der Waals surface area contributed by atoms with Gasteiger partial charge in [0.15, 0.2) is 0 Å². The van der Waals surface area contributed by atoms with Gasteiger partial charge in [-0.2, -0.15) is 0 Å². The zero-order valence-electron chi connectivity index (χ0n) is 20.4. The maximum absolute atomic E-state index is 13.9. The number of nitrogens with one attached hydrogen (secondary N) is 1. The van der Waals surface area contributed by atoms with Gasteiger partial charge in [0.1, 0.15) is 12.1 Å². The summed E-state index contributed by atoms with van der Waals surface area (Å²) < 4.78 is 0.821. The summed E-state index contributed by atoms with van der Waals surface area (Å²) in [7, 11) is 0. The molecule has 0 radical (unpaired) electrons. The summed E-state index contributed by atoms with van der Waals surface area (Å²) >= 11 is 3.47. The molecule has 0 unspecified atom stereocenters. The Kier molecular flexibility index (Phi) is 7.18. The number of halogens is 1. The smallest absolute Gasteiger partial charge is 0.321 e. The Morgan fingerprint density at radius 3 is 2.22 bits per heavy atom. The summed E-state index contributed by atoms with van der Waals surface area (Å²) in [5, 5.41) is 2.97. The van der Waals surface area contributed by atoms with Gasteiger partial charge in [-0.05, 0) is 72.3 Å². The Labute approximate surface area is 220 Å². The molecule has 2 aromatic rings. The van der Waals surface area contributed by atoms with E-state index >= 15 is 0 Å². The Morgan fingerprint density at radius 2 is 1.53 bits per heavy atom. The van der Waals surface area contributed by atoms with Crippen LogP contribution in [0.25, 0.3) is 0 Å². The van der Waals surface area contributed by atoms with Crippen LogP contribution in [0.5, 0.6) is 0 Å². The van der Waals surface area contributed by atoms with E-state index in [0.29, 0.717) is 38.3 Å². The minimum atomic E-state index is -0.756. The lowest BCUT2D eigenvalue weighted by atomic mass is 9.85. The summed E-state index contributed by atoms with van der Waals surface area (Å²) in [5.41, 5.74) is 0.922. The zero-order valence-corrected chi connectivity index (χ0v) is 22.0. The van der Waals surface area contributed by atoms with E-state index in [4.69, 9.17) is 0 Å². The van der Waals surface area contributed by atoms with Crippen molar-refractivity contribution in [1.29, 1.82) is 0 Å². The molecule has 36 heavy (non-hydrogen) atoms. The number of urea groups is 1. The molecule has 5 rings (SSSR count). The molecule has 3 aliphatic heterocycles. The number of piperidine rings is 2. The van der Waals surface area contributed by atoms with Crippen LogP contribution < -0.4 is 10.2 Å². The summed E-state index contributed by atoms with van der Waals surface area (Å²) in [6, 6.07) is 17.2. The third-order valence-corrected chi connectivity index (χ3v) is 8.30. The molecule has 4 amide bonds. The largest absolute Gasteiger partial charge is 0.341 e. The van der Waals surface area contributed by atoms with E-state index in [1.807, 2.05) is 59.5 Å². The molecule has 3 saturated heterocycles. The van der Waals surface area contributed by atoms with Gasteiger partial charge in [-0.1, -0.05) is 30.3 Å². The molecule has 0 aromatic heterocycles. The average Bonchev–Trinajstić information content (AvgIpc) is 3.17. The molecule has 1 N–H and O–H groups in total. The lowest BCUT2D eigenvalue weighted by molar-refractivity contribution is -0.141. The van der Waals surface area contributed by atoms with Crippen molar-refractivity contribution in [3.05, 3.63) is 59.1 Å². The molecular weight excluding hydrogens is 522 g/mol. The van der Waals surface area contributed by atoms with Crippen LogP contribution >= 0.6 is 15.9 Å². The highest BCUT2D eigenvalue weighted by Gasteiger charge is 2.54. The second kappa shape index (κ2) is 10.5. The minimum absolute atomic E-state index is 0.0115. The van der Waals surface area contributed by atoms with Gasteiger partial charge >= 0.3 is 6.03 Å². The molecule has 0 bridgehead atoms. The van der Waals surface area contributed by atoms with Crippen molar-refractivity contribution in [2.45, 2.75) is 37.6 Å². The topological polar surface area (TPSA) is 76.2 Å². The Hall–Kier alpha value is -3.07. The fraction of sp³-hybridized carbons (Fsp3) is 0.444. The first-order chi connectivity index (χ1) is 17.5. The predicted molar refractivity (Wildman–Crippen MR) is 143 cm³/mol. The van der Waals surface area contributed by atoms with Crippen molar-refractivity contribution >= 4 is 45.2 Å². The van der Waals surface area contributed by atoms with Gasteiger partial charge in [0.25, 0.3) is 5.91 Å². The van der Waals surface area contributed by atoms with E-state index < -0.39 is 5.54 Å². The minimum Gasteiger partial charge on any atom is -0.341 e. The van der Waals surface area contributed by atoms with Crippen LogP contribution in [0.1, 0.15) is 32.1 Å². The molecule has 3 heterocycles. The van der Waals surface area contributed by atoms with Crippen molar-refractivity contribution in [3.63, 3.8) is 0 Å². The number of hydrogen-bond donors (Lipinski definition) is 1. The van der Waals surface area contributed by atoms with Gasteiger partial charge < -0.3 is 24.9 Å². The number of carbonyl (C=O) groups is 3. The number of nitrogens with zero attached hydrogens (tertiary/aromatic N) is 4. The second-order valence-electron chi connectivity index (χ2n) is 9.78. The molecule has 3 fully saturated rings. The number of anilines is 2. The van der Waals surface area contributed by atoms with E-state index in [-0.39, 0.29) is 24.4 Å². The standard InChI is InChI=1S/C27H32BrN5O3/c28-22-11-5-6-12-23(22)29-26(36)31-17-13-27(14-18-31)25(35)32(19-24(34)30-15-7-2-8-16-30)20-33(27)21-9-3-1-4-10-21/h1,3-6,9-12H,2,7-8,13-20H2,(H,29,36). The van der Waals surface area contributed by atoms with Crippen LogP contribution in [0, 0.1) is 0 Å². The zero-order chi connectivity index (χ0) is 25.1. The molecule has 2 aromatic carbocycles. The molecule has 8 nitrogen and oxygen atoms in total. The van der Waals surface area contributed by atoms with Crippen molar-refractivity contribution in [2.24, 2.45) is 0 Å². The third kappa shape index (κ3) is 4.81. The van der Waals surface area contributed by atoms with Gasteiger partial charge in [-0.3, -0.25) is 9.59 Å². The normalized spacial score (nSPS) is 19.6. The highest BCUT2D eigenvalue weighted by Crippen LogP contribution is 2.39. The average molecular weight is 554 g/mol. The lowest BCUT2D eigenvalue weighted by Gasteiger charge is -2.43. The van der Waals surface area contributed by atoms with Gasteiger partial charge in [-0.25, -0.2) is 4.79 Å². The molecule has 0 saturated carbocycles. The van der Waals surface area contributed by atoms with Crippen molar-refractivity contribution in [2.75, 3.05) is 49.6 Å². The molecule has 3 aliphatic rings. The van der Waals surface area contributed by atoms with Crippen molar-refractivity contribution in [3.8, 4) is 0 Å². The maximum atomic E-state index is 13.9. The van der Waals surface area contributed by atoms with Gasteiger partial charge in [-0.15, -0.1) is 0 Å². The summed E-state index contributed by atoms with van der Waals surface area (Å²) in [5.74, 6) is 0.0148. The number of carbonyl (C=O) groups excluding carboxylic acids is 3. The van der Waals surface area contributed by atoms with Crippen molar-refractivity contribution < 1.29 is 14.4 Å². The Bertz CT molecular complexity index is 1110.